The number of likely N-dealkylation sites (tertiary alicyclic amines) is 1. The number of anilines is 1. The number of carbonyl (C=O) groups excluding carboxylic acids is 2. The SMILES string of the molecule is COc1cc(-c2nccc(-c3cccc(NC(=O)c4ccc(CNCCO)cn4)c3C)c2Cl)ccc1CN1CC2(CNC(=O)C2)C1. The number of aliphatic hydroxyl groups is 1. The third-order valence-electron chi connectivity index (χ3n) is 8.71. The quantitative estimate of drug-likeness (QED) is 0.177. The van der Waals surface area contributed by atoms with Gasteiger partial charge in [0.1, 0.15) is 11.4 Å². The normalized spacial score (nSPS) is 15.4. The van der Waals surface area contributed by atoms with E-state index in [0.29, 0.717) is 41.6 Å². The highest BCUT2D eigenvalue weighted by molar-refractivity contribution is 6.35. The molecule has 0 atom stereocenters. The number of nitrogens with zero attached hydrogens (tertiary/aromatic N) is 3. The summed E-state index contributed by atoms with van der Waals surface area (Å²) >= 11 is 7.03. The Labute approximate surface area is 273 Å². The van der Waals surface area contributed by atoms with Gasteiger partial charge in [-0.05, 0) is 47.9 Å². The van der Waals surface area contributed by atoms with Gasteiger partial charge in [0.05, 0.1) is 24.4 Å². The van der Waals surface area contributed by atoms with Gasteiger partial charge in [-0.2, -0.15) is 0 Å². The van der Waals surface area contributed by atoms with Gasteiger partial charge in [0.25, 0.3) is 5.91 Å². The summed E-state index contributed by atoms with van der Waals surface area (Å²) in [4.78, 5) is 36.0. The fourth-order valence-electron chi connectivity index (χ4n) is 6.33. The molecular formula is C35H37ClN6O4. The van der Waals surface area contributed by atoms with E-state index in [1.165, 1.54) is 0 Å². The summed E-state index contributed by atoms with van der Waals surface area (Å²) in [5.41, 5.74) is 7.01. The van der Waals surface area contributed by atoms with Crippen LogP contribution in [-0.2, 0) is 17.9 Å². The molecular weight excluding hydrogens is 604 g/mol. The summed E-state index contributed by atoms with van der Waals surface area (Å²) in [6.07, 6.45) is 3.99. The number of ether oxygens (including phenoxy) is 1. The van der Waals surface area contributed by atoms with Crippen molar-refractivity contribution in [3.63, 3.8) is 0 Å². The molecule has 10 nitrogen and oxygen atoms in total. The zero-order valence-corrected chi connectivity index (χ0v) is 26.7. The van der Waals surface area contributed by atoms with Gasteiger partial charge < -0.3 is 25.8 Å². The lowest BCUT2D eigenvalue weighted by molar-refractivity contribution is -0.120. The molecule has 0 saturated carbocycles. The fraction of sp³-hybridized carbons (Fsp3) is 0.314. The predicted molar refractivity (Wildman–Crippen MR) is 178 cm³/mol. The minimum absolute atomic E-state index is 0.0598. The first-order chi connectivity index (χ1) is 22.3. The van der Waals surface area contributed by atoms with Crippen LogP contribution in [0.5, 0.6) is 5.75 Å². The molecule has 2 amide bonds. The number of hydrogen-bond donors (Lipinski definition) is 4. The number of pyridine rings is 2. The third kappa shape index (κ3) is 6.61. The Bertz CT molecular complexity index is 1760. The van der Waals surface area contributed by atoms with Gasteiger partial charge in [-0.25, -0.2) is 0 Å². The monoisotopic (exact) mass is 640 g/mol. The van der Waals surface area contributed by atoms with Crippen LogP contribution in [0, 0.1) is 12.3 Å². The molecule has 46 heavy (non-hydrogen) atoms. The van der Waals surface area contributed by atoms with Crippen LogP contribution in [0.4, 0.5) is 5.69 Å². The van der Waals surface area contributed by atoms with Gasteiger partial charge >= 0.3 is 0 Å². The molecule has 2 aromatic carbocycles. The Kier molecular flexibility index (Phi) is 9.32. The van der Waals surface area contributed by atoms with E-state index in [2.05, 4.69) is 36.9 Å². The van der Waals surface area contributed by atoms with E-state index in [4.69, 9.17) is 21.4 Å². The Hall–Kier alpha value is -4.35. The molecule has 0 bridgehead atoms. The van der Waals surface area contributed by atoms with Crippen molar-refractivity contribution in [2.45, 2.75) is 26.4 Å². The van der Waals surface area contributed by atoms with Crippen molar-refractivity contribution in [2.24, 2.45) is 5.41 Å². The van der Waals surface area contributed by atoms with Gasteiger partial charge in [0, 0.05) is 85.9 Å². The summed E-state index contributed by atoms with van der Waals surface area (Å²) in [6.45, 7) is 6.32. The molecule has 4 aromatic rings. The summed E-state index contributed by atoms with van der Waals surface area (Å²) in [6, 6.07) is 17.1. The molecule has 6 rings (SSSR count). The molecule has 2 saturated heterocycles. The average Bonchev–Trinajstić information content (AvgIpc) is 3.44. The molecule has 0 radical (unpaired) electrons. The summed E-state index contributed by atoms with van der Waals surface area (Å²) < 4.78 is 5.78. The van der Waals surface area contributed by atoms with Gasteiger partial charge in [-0.3, -0.25) is 24.5 Å². The number of aromatic nitrogens is 2. The Balaban J connectivity index is 1.18. The summed E-state index contributed by atoms with van der Waals surface area (Å²) in [5, 5.41) is 18.5. The summed E-state index contributed by atoms with van der Waals surface area (Å²) in [7, 11) is 1.66. The smallest absolute Gasteiger partial charge is 0.274 e. The highest BCUT2D eigenvalue weighted by atomic mass is 35.5. The summed E-state index contributed by atoms with van der Waals surface area (Å²) in [5.74, 6) is 0.583. The highest BCUT2D eigenvalue weighted by Gasteiger charge is 2.47. The standard InChI is InChI=1S/C35H37ClN6O4/c1-22-26(4-3-5-28(22)41-34(45)29-9-6-23(17-39-29)16-37-12-13-43)27-10-11-38-33(32(27)36)24-7-8-25(30(14-24)46-2)18-42-20-35(21-42)15-31(44)40-19-35/h3-11,14,17,37,43H,12-13,15-16,18-21H2,1-2H3,(H,40,44)(H,41,45). The van der Waals surface area contributed by atoms with Crippen molar-refractivity contribution in [1.29, 1.82) is 0 Å². The maximum Gasteiger partial charge on any atom is 0.274 e. The van der Waals surface area contributed by atoms with Crippen molar-refractivity contribution in [3.05, 3.63) is 94.4 Å². The molecule has 2 aromatic heterocycles. The second kappa shape index (κ2) is 13.6. The number of carbonyl (C=O) groups is 2. The van der Waals surface area contributed by atoms with E-state index in [1.807, 2.05) is 49.4 Å². The van der Waals surface area contributed by atoms with Crippen LogP contribution in [-0.4, -0.2) is 71.7 Å². The van der Waals surface area contributed by atoms with Gasteiger partial charge in [0.15, 0.2) is 0 Å². The number of methoxy groups -OCH3 is 1. The molecule has 2 fully saturated rings. The number of nitrogens with one attached hydrogen (secondary N) is 3. The Morgan fingerprint density at radius 1 is 1.13 bits per heavy atom. The molecule has 238 valence electrons. The largest absolute Gasteiger partial charge is 0.496 e. The van der Waals surface area contributed by atoms with Crippen molar-refractivity contribution < 1.29 is 19.4 Å². The number of amides is 2. The third-order valence-corrected chi connectivity index (χ3v) is 9.09. The van der Waals surface area contributed by atoms with Crippen molar-refractivity contribution >= 4 is 29.1 Å². The molecule has 11 heteroatoms. The molecule has 0 unspecified atom stereocenters. The molecule has 4 N–H and O–H groups in total. The lowest BCUT2D eigenvalue weighted by atomic mass is 9.79. The zero-order valence-electron chi connectivity index (χ0n) is 25.9. The second-order valence-corrected chi connectivity index (χ2v) is 12.4. The van der Waals surface area contributed by atoms with Crippen molar-refractivity contribution in [3.8, 4) is 28.1 Å². The molecule has 1 spiro atoms. The van der Waals surface area contributed by atoms with Crippen LogP contribution in [0.25, 0.3) is 22.4 Å². The van der Waals surface area contributed by atoms with E-state index in [1.54, 1.807) is 25.6 Å². The maximum absolute atomic E-state index is 13.1. The van der Waals surface area contributed by atoms with Crippen LogP contribution in [0.15, 0.2) is 67.0 Å². The minimum atomic E-state index is -0.314. The Morgan fingerprint density at radius 3 is 2.70 bits per heavy atom. The molecule has 0 aliphatic carbocycles. The number of halogens is 1. The molecule has 2 aliphatic rings. The van der Waals surface area contributed by atoms with Crippen LogP contribution in [0.1, 0.15) is 33.6 Å². The van der Waals surface area contributed by atoms with Crippen molar-refractivity contribution in [1.82, 2.24) is 25.5 Å². The molecule has 2 aliphatic heterocycles. The predicted octanol–water partition coefficient (Wildman–Crippen LogP) is 4.44. The number of rotatable bonds is 11. The van der Waals surface area contributed by atoms with E-state index < -0.39 is 0 Å². The first kappa shape index (κ1) is 31.6. The minimum Gasteiger partial charge on any atom is -0.496 e. The van der Waals surface area contributed by atoms with E-state index in [-0.39, 0.29) is 23.8 Å². The van der Waals surface area contributed by atoms with Crippen LogP contribution < -0.4 is 20.7 Å². The van der Waals surface area contributed by atoms with Crippen LogP contribution in [0.3, 0.4) is 0 Å². The lowest BCUT2D eigenvalue weighted by Crippen LogP contribution is -2.56. The second-order valence-electron chi connectivity index (χ2n) is 12.0. The lowest BCUT2D eigenvalue weighted by Gasteiger charge is -2.47. The number of aliphatic hydroxyl groups excluding tert-OH is 1. The number of benzene rings is 2. The molecule has 4 heterocycles. The first-order valence-electron chi connectivity index (χ1n) is 15.3. The Morgan fingerprint density at radius 2 is 1.98 bits per heavy atom. The number of hydrogen-bond acceptors (Lipinski definition) is 8. The van der Waals surface area contributed by atoms with Crippen molar-refractivity contribution in [2.75, 3.05) is 45.2 Å². The van der Waals surface area contributed by atoms with E-state index in [0.717, 1.165) is 65.3 Å². The van der Waals surface area contributed by atoms with E-state index in [9.17, 15) is 9.59 Å². The first-order valence-corrected chi connectivity index (χ1v) is 15.7. The van der Waals surface area contributed by atoms with Gasteiger partial charge in [-0.1, -0.05) is 41.9 Å². The zero-order chi connectivity index (χ0) is 32.3. The van der Waals surface area contributed by atoms with Gasteiger partial charge in [-0.15, -0.1) is 0 Å². The van der Waals surface area contributed by atoms with Crippen LogP contribution >= 0.6 is 11.6 Å². The average molecular weight is 641 g/mol. The van der Waals surface area contributed by atoms with Crippen LogP contribution in [0.2, 0.25) is 5.02 Å². The highest BCUT2D eigenvalue weighted by Crippen LogP contribution is 2.41. The van der Waals surface area contributed by atoms with Gasteiger partial charge in [0.2, 0.25) is 5.91 Å². The fourth-order valence-corrected chi connectivity index (χ4v) is 6.65. The topological polar surface area (TPSA) is 129 Å². The van der Waals surface area contributed by atoms with E-state index >= 15 is 0 Å². The maximum atomic E-state index is 13.1.